The maximum absolute atomic E-state index is 12.7. The minimum Gasteiger partial charge on any atom is -0.346 e. The summed E-state index contributed by atoms with van der Waals surface area (Å²) in [7, 11) is 0. The van der Waals surface area contributed by atoms with Crippen LogP contribution in [0.1, 0.15) is 58.1 Å². The van der Waals surface area contributed by atoms with E-state index in [0.29, 0.717) is 5.56 Å². The first-order valence-corrected chi connectivity index (χ1v) is 10.9. The highest BCUT2D eigenvalue weighted by molar-refractivity contribution is 5.94. The van der Waals surface area contributed by atoms with Crippen LogP contribution >= 0.6 is 0 Å². The lowest BCUT2D eigenvalue weighted by atomic mass is 9.99. The quantitative estimate of drug-likeness (QED) is 0.611. The molecule has 1 aliphatic rings. The van der Waals surface area contributed by atoms with Crippen LogP contribution < -0.4 is 5.32 Å². The number of nitrogens with zero attached hydrogens (tertiary/aromatic N) is 1. The fourth-order valence-electron chi connectivity index (χ4n) is 4.11. The second-order valence-corrected chi connectivity index (χ2v) is 8.22. The summed E-state index contributed by atoms with van der Waals surface area (Å²) in [5, 5.41) is 3.11. The van der Waals surface area contributed by atoms with E-state index in [1.54, 1.807) is 0 Å². The van der Waals surface area contributed by atoms with Gasteiger partial charge in [-0.2, -0.15) is 0 Å². The standard InChI is InChI=1S/C27H30N2O/c1-3-21-8-12-23(13-9-21)20(2)28-27(30)25-14-10-22(11-15-25)18-29-17-16-24-6-4-5-7-26(24)19-29/h4-15,20H,3,16-19H2,1-2H3,(H,28,30)/t20-/m0/s1. The van der Waals surface area contributed by atoms with E-state index in [2.05, 4.69) is 77.8 Å². The van der Waals surface area contributed by atoms with E-state index in [0.717, 1.165) is 38.0 Å². The van der Waals surface area contributed by atoms with Gasteiger partial charge in [0.25, 0.3) is 5.91 Å². The van der Waals surface area contributed by atoms with Gasteiger partial charge in [0.05, 0.1) is 6.04 Å². The Hall–Kier alpha value is -2.91. The third-order valence-corrected chi connectivity index (χ3v) is 6.07. The molecule has 3 aromatic carbocycles. The van der Waals surface area contributed by atoms with Crippen molar-refractivity contribution >= 4 is 5.91 Å². The van der Waals surface area contributed by atoms with Crippen LogP contribution in [0.5, 0.6) is 0 Å². The summed E-state index contributed by atoms with van der Waals surface area (Å²) in [6.45, 7) is 7.16. The lowest BCUT2D eigenvalue weighted by Crippen LogP contribution is -2.30. The Balaban J connectivity index is 1.34. The van der Waals surface area contributed by atoms with E-state index < -0.39 is 0 Å². The molecule has 1 atom stereocenters. The van der Waals surface area contributed by atoms with Crippen LogP contribution in [0.15, 0.2) is 72.8 Å². The van der Waals surface area contributed by atoms with Crippen LogP contribution in [-0.2, 0) is 25.9 Å². The van der Waals surface area contributed by atoms with Crippen molar-refractivity contribution < 1.29 is 4.79 Å². The topological polar surface area (TPSA) is 32.3 Å². The van der Waals surface area contributed by atoms with Gasteiger partial charge >= 0.3 is 0 Å². The van der Waals surface area contributed by atoms with Crippen molar-refractivity contribution in [3.05, 3.63) is 106 Å². The molecule has 1 N–H and O–H groups in total. The van der Waals surface area contributed by atoms with Gasteiger partial charge in [-0.15, -0.1) is 0 Å². The van der Waals surface area contributed by atoms with E-state index in [-0.39, 0.29) is 11.9 Å². The minimum absolute atomic E-state index is 0.0171. The van der Waals surface area contributed by atoms with Crippen LogP contribution in [0.2, 0.25) is 0 Å². The Kier molecular flexibility index (Phi) is 6.29. The average Bonchev–Trinajstić information content (AvgIpc) is 2.79. The monoisotopic (exact) mass is 398 g/mol. The number of nitrogens with one attached hydrogen (secondary N) is 1. The molecule has 154 valence electrons. The molecule has 0 aromatic heterocycles. The third-order valence-electron chi connectivity index (χ3n) is 6.07. The molecule has 30 heavy (non-hydrogen) atoms. The SMILES string of the molecule is CCc1ccc([C@H](C)NC(=O)c2ccc(CN3CCc4ccccc4C3)cc2)cc1. The average molecular weight is 399 g/mol. The van der Waals surface area contributed by atoms with Gasteiger partial charge in [0.1, 0.15) is 0 Å². The summed E-state index contributed by atoms with van der Waals surface area (Å²) >= 11 is 0. The number of carbonyl (C=O) groups is 1. The maximum Gasteiger partial charge on any atom is 0.251 e. The van der Waals surface area contributed by atoms with Crippen molar-refractivity contribution in [2.45, 2.75) is 45.8 Å². The number of amides is 1. The number of hydrogen-bond acceptors (Lipinski definition) is 2. The van der Waals surface area contributed by atoms with E-state index in [1.807, 2.05) is 19.1 Å². The molecule has 3 heteroatoms. The molecular formula is C27H30N2O. The van der Waals surface area contributed by atoms with Crippen LogP contribution in [0, 0.1) is 0 Å². The normalized spacial score (nSPS) is 14.7. The number of aryl methyl sites for hydroxylation is 1. The zero-order valence-electron chi connectivity index (χ0n) is 17.9. The summed E-state index contributed by atoms with van der Waals surface area (Å²) in [4.78, 5) is 15.1. The van der Waals surface area contributed by atoms with Crippen LogP contribution in [0.25, 0.3) is 0 Å². The van der Waals surface area contributed by atoms with E-state index >= 15 is 0 Å². The van der Waals surface area contributed by atoms with E-state index in [9.17, 15) is 4.79 Å². The first-order valence-electron chi connectivity index (χ1n) is 10.9. The number of fused-ring (bicyclic) bond motifs is 1. The van der Waals surface area contributed by atoms with Crippen molar-refractivity contribution in [2.75, 3.05) is 6.54 Å². The molecule has 0 fully saturated rings. The van der Waals surface area contributed by atoms with Gasteiger partial charge in [-0.25, -0.2) is 0 Å². The molecule has 0 aliphatic carbocycles. The first kappa shape index (κ1) is 20.4. The van der Waals surface area contributed by atoms with Gasteiger partial charge in [0, 0.05) is 25.2 Å². The zero-order valence-corrected chi connectivity index (χ0v) is 17.9. The second kappa shape index (κ2) is 9.27. The smallest absolute Gasteiger partial charge is 0.251 e. The fraction of sp³-hybridized carbons (Fsp3) is 0.296. The van der Waals surface area contributed by atoms with Crippen molar-refractivity contribution in [2.24, 2.45) is 0 Å². The van der Waals surface area contributed by atoms with Gasteiger partial charge in [-0.05, 0) is 59.7 Å². The predicted molar refractivity (Wildman–Crippen MR) is 122 cm³/mol. The largest absolute Gasteiger partial charge is 0.346 e. The highest BCUT2D eigenvalue weighted by Gasteiger charge is 2.16. The summed E-state index contributed by atoms with van der Waals surface area (Å²) in [5.41, 5.74) is 7.29. The number of rotatable bonds is 6. The Morgan fingerprint density at radius 2 is 1.60 bits per heavy atom. The Bertz CT molecular complexity index is 992. The molecule has 1 aliphatic heterocycles. The molecule has 1 heterocycles. The van der Waals surface area contributed by atoms with Crippen LogP contribution in [0.4, 0.5) is 0 Å². The number of hydrogen-bond donors (Lipinski definition) is 1. The molecule has 0 spiro atoms. The minimum atomic E-state index is -0.0273. The molecule has 0 radical (unpaired) electrons. The zero-order chi connectivity index (χ0) is 20.9. The van der Waals surface area contributed by atoms with E-state index in [1.165, 1.54) is 22.3 Å². The lowest BCUT2D eigenvalue weighted by Gasteiger charge is -2.28. The highest BCUT2D eigenvalue weighted by atomic mass is 16.1. The molecule has 1 amide bonds. The van der Waals surface area contributed by atoms with Gasteiger partial charge < -0.3 is 5.32 Å². The summed E-state index contributed by atoms with van der Waals surface area (Å²) in [6, 6.07) is 25.2. The summed E-state index contributed by atoms with van der Waals surface area (Å²) in [6.07, 6.45) is 2.13. The predicted octanol–water partition coefficient (Wildman–Crippen LogP) is 5.30. The van der Waals surface area contributed by atoms with Crippen molar-refractivity contribution in [1.29, 1.82) is 0 Å². The number of benzene rings is 3. The Labute approximate surface area is 179 Å². The maximum atomic E-state index is 12.7. The Morgan fingerprint density at radius 1 is 0.933 bits per heavy atom. The van der Waals surface area contributed by atoms with Gasteiger partial charge in [0.15, 0.2) is 0 Å². The van der Waals surface area contributed by atoms with Crippen molar-refractivity contribution in [1.82, 2.24) is 10.2 Å². The molecule has 0 unspecified atom stereocenters. The molecule has 0 bridgehead atoms. The van der Waals surface area contributed by atoms with Gasteiger partial charge in [-0.1, -0.05) is 67.6 Å². The summed E-state index contributed by atoms with van der Waals surface area (Å²) < 4.78 is 0. The third kappa shape index (κ3) is 4.80. The van der Waals surface area contributed by atoms with E-state index in [4.69, 9.17) is 0 Å². The van der Waals surface area contributed by atoms with Gasteiger partial charge in [0.2, 0.25) is 0 Å². The molecule has 3 nitrogen and oxygen atoms in total. The molecular weight excluding hydrogens is 368 g/mol. The summed E-state index contributed by atoms with van der Waals surface area (Å²) in [5.74, 6) is -0.0273. The van der Waals surface area contributed by atoms with Crippen molar-refractivity contribution in [3.8, 4) is 0 Å². The Morgan fingerprint density at radius 3 is 2.30 bits per heavy atom. The van der Waals surface area contributed by atoms with Gasteiger partial charge in [-0.3, -0.25) is 9.69 Å². The molecule has 3 aromatic rings. The molecule has 0 saturated heterocycles. The van der Waals surface area contributed by atoms with Crippen LogP contribution in [0.3, 0.4) is 0 Å². The molecule has 0 saturated carbocycles. The number of carbonyl (C=O) groups excluding carboxylic acids is 1. The fourth-order valence-corrected chi connectivity index (χ4v) is 4.11. The lowest BCUT2D eigenvalue weighted by molar-refractivity contribution is 0.0940. The van der Waals surface area contributed by atoms with Crippen LogP contribution in [-0.4, -0.2) is 17.4 Å². The van der Waals surface area contributed by atoms with Crippen molar-refractivity contribution in [3.63, 3.8) is 0 Å². The second-order valence-electron chi connectivity index (χ2n) is 8.22. The first-order chi connectivity index (χ1) is 14.6. The molecule has 4 rings (SSSR count). The highest BCUT2D eigenvalue weighted by Crippen LogP contribution is 2.20.